The highest BCUT2D eigenvalue weighted by Crippen LogP contribution is 2.17. The van der Waals surface area contributed by atoms with E-state index in [1.807, 2.05) is 18.2 Å². The fourth-order valence-electron chi connectivity index (χ4n) is 1.97. The zero-order valence-corrected chi connectivity index (χ0v) is 10.5. The number of rotatable bonds is 2. The molecule has 1 aromatic carbocycles. The molecule has 1 amide bonds. The Hall–Kier alpha value is -2.57. The van der Waals surface area contributed by atoms with Crippen molar-refractivity contribution in [2.75, 3.05) is 23.8 Å². The SMILES string of the molecule is CC(=O)Nc1ccc2c(c1)ncn2NC1=NCCN1. The molecule has 1 aliphatic rings. The predicted octanol–water partition coefficient (Wildman–Crippen LogP) is 0.497. The van der Waals surface area contributed by atoms with Crippen molar-refractivity contribution in [1.29, 1.82) is 0 Å². The van der Waals surface area contributed by atoms with E-state index in [1.54, 1.807) is 11.0 Å². The number of carbonyl (C=O) groups excluding carboxylic acids is 1. The summed E-state index contributed by atoms with van der Waals surface area (Å²) in [6.45, 7) is 3.11. The van der Waals surface area contributed by atoms with Crippen LogP contribution in [0.4, 0.5) is 5.69 Å². The molecular formula is C12H14N6O. The van der Waals surface area contributed by atoms with Crippen molar-refractivity contribution >= 4 is 28.6 Å². The summed E-state index contributed by atoms with van der Waals surface area (Å²) >= 11 is 0. The van der Waals surface area contributed by atoms with Crippen LogP contribution in [0.5, 0.6) is 0 Å². The quantitative estimate of drug-likeness (QED) is 0.732. The summed E-state index contributed by atoms with van der Waals surface area (Å²) in [5.74, 6) is 0.645. The maximum absolute atomic E-state index is 11.0. The summed E-state index contributed by atoms with van der Waals surface area (Å²) < 4.78 is 1.80. The number of imidazole rings is 1. The van der Waals surface area contributed by atoms with Crippen LogP contribution in [0.25, 0.3) is 11.0 Å². The average Bonchev–Trinajstić information content (AvgIpc) is 2.99. The highest BCUT2D eigenvalue weighted by molar-refractivity contribution is 5.93. The van der Waals surface area contributed by atoms with E-state index >= 15 is 0 Å². The minimum atomic E-state index is -0.0959. The van der Waals surface area contributed by atoms with Gasteiger partial charge in [0.2, 0.25) is 11.9 Å². The van der Waals surface area contributed by atoms with Crippen molar-refractivity contribution in [2.45, 2.75) is 6.92 Å². The normalized spacial score (nSPS) is 14.1. The van der Waals surface area contributed by atoms with Gasteiger partial charge in [-0.25, -0.2) is 9.66 Å². The van der Waals surface area contributed by atoms with Crippen LogP contribution in [0.3, 0.4) is 0 Å². The van der Waals surface area contributed by atoms with Crippen molar-refractivity contribution in [2.24, 2.45) is 4.99 Å². The van der Waals surface area contributed by atoms with Crippen LogP contribution in [0.2, 0.25) is 0 Å². The zero-order chi connectivity index (χ0) is 13.2. The third-order valence-corrected chi connectivity index (χ3v) is 2.77. The monoisotopic (exact) mass is 258 g/mol. The topological polar surface area (TPSA) is 83.3 Å². The number of nitrogens with zero attached hydrogens (tertiary/aromatic N) is 3. The highest BCUT2D eigenvalue weighted by atomic mass is 16.1. The van der Waals surface area contributed by atoms with Gasteiger partial charge in [-0.2, -0.15) is 0 Å². The molecule has 3 rings (SSSR count). The van der Waals surface area contributed by atoms with E-state index in [9.17, 15) is 4.79 Å². The van der Waals surface area contributed by atoms with E-state index in [4.69, 9.17) is 0 Å². The van der Waals surface area contributed by atoms with Crippen LogP contribution in [-0.2, 0) is 4.79 Å². The molecule has 0 saturated heterocycles. The Morgan fingerprint density at radius 3 is 3.11 bits per heavy atom. The van der Waals surface area contributed by atoms with E-state index in [-0.39, 0.29) is 5.91 Å². The molecule has 1 aliphatic heterocycles. The first-order valence-corrected chi connectivity index (χ1v) is 6.02. The fraction of sp³-hybridized carbons (Fsp3) is 0.250. The third kappa shape index (κ3) is 2.35. The van der Waals surface area contributed by atoms with E-state index in [2.05, 4.69) is 26.0 Å². The molecule has 7 heteroatoms. The first-order valence-electron chi connectivity index (χ1n) is 6.02. The number of benzene rings is 1. The molecule has 98 valence electrons. The standard InChI is InChI=1S/C12H14N6O/c1-8(19)16-9-2-3-11-10(6-9)15-7-18(11)17-12-13-4-5-14-12/h2-3,6-7H,4-5H2,1H3,(H,16,19)(H2,13,14,17). The van der Waals surface area contributed by atoms with Gasteiger partial charge in [0, 0.05) is 19.2 Å². The summed E-state index contributed by atoms with van der Waals surface area (Å²) in [6.07, 6.45) is 1.69. The molecule has 2 aromatic rings. The first-order chi connectivity index (χ1) is 9.22. The van der Waals surface area contributed by atoms with Crippen molar-refractivity contribution in [1.82, 2.24) is 15.0 Å². The van der Waals surface area contributed by atoms with Crippen molar-refractivity contribution in [3.8, 4) is 0 Å². The van der Waals surface area contributed by atoms with Gasteiger partial charge < -0.3 is 10.6 Å². The lowest BCUT2D eigenvalue weighted by molar-refractivity contribution is -0.114. The van der Waals surface area contributed by atoms with Gasteiger partial charge in [-0.15, -0.1) is 0 Å². The molecule has 7 nitrogen and oxygen atoms in total. The maximum atomic E-state index is 11.0. The number of anilines is 1. The minimum Gasteiger partial charge on any atom is -0.353 e. The number of aromatic nitrogens is 2. The van der Waals surface area contributed by atoms with E-state index in [0.717, 1.165) is 35.8 Å². The average molecular weight is 258 g/mol. The molecule has 19 heavy (non-hydrogen) atoms. The zero-order valence-electron chi connectivity index (χ0n) is 10.5. The summed E-state index contributed by atoms with van der Waals surface area (Å²) in [6, 6.07) is 5.57. The molecule has 0 fully saturated rings. The number of aliphatic imine (C=N–C) groups is 1. The molecule has 0 aliphatic carbocycles. The van der Waals surface area contributed by atoms with Gasteiger partial charge in [-0.05, 0) is 18.2 Å². The van der Waals surface area contributed by atoms with Gasteiger partial charge in [-0.1, -0.05) is 0 Å². The smallest absolute Gasteiger partial charge is 0.221 e. The van der Waals surface area contributed by atoms with Crippen LogP contribution < -0.4 is 16.1 Å². The second kappa shape index (κ2) is 4.60. The van der Waals surface area contributed by atoms with E-state index in [0.29, 0.717) is 0 Å². The lowest BCUT2D eigenvalue weighted by atomic mass is 10.3. The second-order valence-corrected chi connectivity index (χ2v) is 4.27. The molecular weight excluding hydrogens is 244 g/mol. The van der Waals surface area contributed by atoms with Gasteiger partial charge in [0.1, 0.15) is 6.33 Å². The van der Waals surface area contributed by atoms with E-state index in [1.165, 1.54) is 6.92 Å². The number of fused-ring (bicyclic) bond motifs is 1. The van der Waals surface area contributed by atoms with Gasteiger partial charge in [-0.3, -0.25) is 15.2 Å². The molecule has 0 atom stereocenters. The number of nitrogens with one attached hydrogen (secondary N) is 3. The first kappa shape index (κ1) is 11.5. The minimum absolute atomic E-state index is 0.0959. The molecule has 3 N–H and O–H groups in total. The van der Waals surface area contributed by atoms with Crippen LogP contribution in [0, 0.1) is 0 Å². The molecule has 0 unspecified atom stereocenters. The van der Waals surface area contributed by atoms with Crippen LogP contribution in [0.15, 0.2) is 29.5 Å². The number of carbonyl (C=O) groups is 1. The Morgan fingerprint density at radius 2 is 2.37 bits per heavy atom. The molecule has 2 heterocycles. The molecule has 0 spiro atoms. The van der Waals surface area contributed by atoms with E-state index < -0.39 is 0 Å². The Kier molecular flexibility index (Phi) is 2.79. The third-order valence-electron chi connectivity index (χ3n) is 2.77. The predicted molar refractivity (Wildman–Crippen MR) is 73.7 cm³/mol. The fourth-order valence-corrected chi connectivity index (χ4v) is 1.97. The van der Waals surface area contributed by atoms with Crippen molar-refractivity contribution in [3.63, 3.8) is 0 Å². The highest BCUT2D eigenvalue weighted by Gasteiger charge is 2.08. The van der Waals surface area contributed by atoms with Crippen molar-refractivity contribution in [3.05, 3.63) is 24.5 Å². The van der Waals surface area contributed by atoms with Crippen LogP contribution >= 0.6 is 0 Å². The molecule has 0 bridgehead atoms. The lowest BCUT2D eigenvalue weighted by Gasteiger charge is -2.08. The Balaban J connectivity index is 1.88. The van der Waals surface area contributed by atoms with Gasteiger partial charge in [0.05, 0.1) is 17.6 Å². The maximum Gasteiger partial charge on any atom is 0.221 e. The second-order valence-electron chi connectivity index (χ2n) is 4.27. The van der Waals surface area contributed by atoms with Crippen LogP contribution in [0.1, 0.15) is 6.92 Å². The Bertz CT molecular complexity index is 659. The molecule has 0 radical (unpaired) electrons. The Morgan fingerprint density at radius 1 is 1.47 bits per heavy atom. The number of guanidine groups is 1. The largest absolute Gasteiger partial charge is 0.353 e. The van der Waals surface area contributed by atoms with Gasteiger partial charge in [0.15, 0.2) is 0 Å². The molecule has 1 aromatic heterocycles. The number of hydrogen-bond acceptors (Lipinski definition) is 5. The van der Waals surface area contributed by atoms with Gasteiger partial charge in [0.25, 0.3) is 0 Å². The lowest BCUT2D eigenvalue weighted by Crippen LogP contribution is -2.31. The molecule has 0 saturated carbocycles. The number of amides is 1. The van der Waals surface area contributed by atoms with Crippen molar-refractivity contribution < 1.29 is 4.79 Å². The van der Waals surface area contributed by atoms with Gasteiger partial charge >= 0.3 is 0 Å². The number of hydrogen-bond donors (Lipinski definition) is 3. The summed E-state index contributed by atoms with van der Waals surface area (Å²) in [7, 11) is 0. The summed E-state index contributed by atoms with van der Waals surface area (Å²) in [4.78, 5) is 19.6. The van der Waals surface area contributed by atoms with Crippen LogP contribution in [-0.4, -0.2) is 34.6 Å². The summed E-state index contributed by atoms with van der Waals surface area (Å²) in [5, 5.41) is 5.86. The summed E-state index contributed by atoms with van der Waals surface area (Å²) in [5.41, 5.74) is 5.59. The Labute approximate surface area is 109 Å².